The van der Waals surface area contributed by atoms with Crippen molar-refractivity contribution in [2.24, 2.45) is 0 Å². The highest BCUT2D eigenvalue weighted by atomic mass is 19.1. The second kappa shape index (κ2) is 6.52. The lowest BCUT2D eigenvalue weighted by atomic mass is 9.85. The monoisotopic (exact) mass is 309 g/mol. The van der Waals surface area contributed by atoms with Crippen molar-refractivity contribution in [2.75, 3.05) is 33.9 Å². The predicted octanol–water partition coefficient (Wildman–Crippen LogP) is 2.60. The zero-order chi connectivity index (χ0) is 15.6. The summed E-state index contributed by atoms with van der Waals surface area (Å²) in [6, 6.07) is 5.04. The molecule has 1 aromatic carbocycles. The Morgan fingerprint density at radius 1 is 1.36 bits per heavy atom. The maximum Gasteiger partial charge on any atom is 0.131 e. The van der Waals surface area contributed by atoms with Crippen LogP contribution >= 0.6 is 0 Å². The van der Waals surface area contributed by atoms with Crippen LogP contribution in [0.25, 0.3) is 0 Å². The van der Waals surface area contributed by atoms with Crippen LogP contribution in [0, 0.1) is 5.82 Å². The second-order valence-electron chi connectivity index (χ2n) is 6.18. The van der Waals surface area contributed by atoms with Crippen molar-refractivity contribution in [3.8, 4) is 5.75 Å². The first-order valence-corrected chi connectivity index (χ1v) is 7.88. The molecule has 0 saturated carbocycles. The number of rotatable bonds is 4. The van der Waals surface area contributed by atoms with Gasteiger partial charge in [-0.15, -0.1) is 0 Å². The fourth-order valence-corrected chi connectivity index (χ4v) is 3.63. The zero-order valence-electron chi connectivity index (χ0n) is 13.3. The van der Waals surface area contributed by atoms with Crippen LogP contribution in [0.5, 0.6) is 5.75 Å². The Morgan fingerprint density at radius 2 is 2.23 bits per heavy atom. The van der Waals surface area contributed by atoms with E-state index in [4.69, 9.17) is 14.2 Å². The molecule has 0 N–H and O–H groups in total. The molecule has 2 fully saturated rings. The second-order valence-corrected chi connectivity index (χ2v) is 6.18. The fourth-order valence-electron chi connectivity index (χ4n) is 3.63. The standard InChI is InChI=1S/C17H24FNO3/c1-20-14-5-4-13(15(18)10-14)11-19-8-7-17(6-3-9-22-17)16(12-19)21-2/h4-5,10,16H,3,6-9,11-12H2,1-2H3/t16-,17-/m0/s1. The van der Waals surface area contributed by atoms with Gasteiger partial charge in [0.05, 0.1) is 18.8 Å². The number of nitrogens with zero attached hydrogens (tertiary/aromatic N) is 1. The van der Waals surface area contributed by atoms with Crippen molar-refractivity contribution in [3.63, 3.8) is 0 Å². The van der Waals surface area contributed by atoms with Crippen molar-refractivity contribution >= 4 is 0 Å². The molecule has 2 heterocycles. The summed E-state index contributed by atoms with van der Waals surface area (Å²) < 4.78 is 30.8. The lowest BCUT2D eigenvalue weighted by Gasteiger charge is -2.44. The van der Waals surface area contributed by atoms with Crippen LogP contribution in [0.2, 0.25) is 0 Å². The molecule has 0 aromatic heterocycles. The lowest BCUT2D eigenvalue weighted by molar-refractivity contribution is -0.143. The zero-order valence-corrected chi connectivity index (χ0v) is 13.3. The van der Waals surface area contributed by atoms with E-state index in [9.17, 15) is 4.39 Å². The summed E-state index contributed by atoms with van der Waals surface area (Å²) in [6.07, 6.45) is 3.18. The topological polar surface area (TPSA) is 30.9 Å². The number of hydrogen-bond acceptors (Lipinski definition) is 4. The first kappa shape index (κ1) is 15.7. The molecule has 2 atom stereocenters. The number of methoxy groups -OCH3 is 2. The molecule has 0 bridgehead atoms. The average Bonchev–Trinajstić information content (AvgIpc) is 3.00. The maximum atomic E-state index is 14.1. The third-order valence-electron chi connectivity index (χ3n) is 4.93. The van der Waals surface area contributed by atoms with Gasteiger partial charge >= 0.3 is 0 Å². The van der Waals surface area contributed by atoms with Gasteiger partial charge in [-0.3, -0.25) is 4.90 Å². The van der Waals surface area contributed by atoms with Crippen molar-refractivity contribution in [1.29, 1.82) is 0 Å². The molecule has 0 unspecified atom stereocenters. The Hall–Kier alpha value is -1.17. The fraction of sp³-hybridized carbons (Fsp3) is 0.647. The molecule has 1 spiro atoms. The van der Waals surface area contributed by atoms with E-state index in [0.717, 1.165) is 39.0 Å². The molecular formula is C17H24FNO3. The van der Waals surface area contributed by atoms with Crippen molar-refractivity contribution in [1.82, 2.24) is 4.90 Å². The van der Waals surface area contributed by atoms with Crippen LogP contribution in [0.1, 0.15) is 24.8 Å². The molecule has 5 heteroatoms. The minimum absolute atomic E-state index is 0.0602. The molecule has 4 nitrogen and oxygen atoms in total. The van der Waals surface area contributed by atoms with Gasteiger partial charge in [0.15, 0.2) is 0 Å². The quantitative estimate of drug-likeness (QED) is 0.855. The first-order chi connectivity index (χ1) is 10.7. The summed E-state index contributed by atoms with van der Waals surface area (Å²) in [7, 11) is 3.29. The summed E-state index contributed by atoms with van der Waals surface area (Å²) in [5, 5.41) is 0. The Morgan fingerprint density at radius 3 is 2.86 bits per heavy atom. The van der Waals surface area contributed by atoms with Gasteiger partial charge in [0.25, 0.3) is 0 Å². The van der Waals surface area contributed by atoms with Gasteiger partial charge in [-0.05, 0) is 25.3 Å². The third-order valence-corrected chi connectivity index (χ3v) is 4.93. The predicted molar refractivity (Wildman–Crippen MR) is 81.6 cm³/mol. The number of ether oxygens (including phenoxy) is 3. The molecule has 0 amide bonds. The van der Waals surface area contributed by atoms with E-state index in [1.165, 1.54) is 6.07 Å². The summed E-state index contributed by atoms with van der Waals surface area (Å²) in [4.78, 5) is 2.24. The Bertz CT molecular complexity index is 517. The van der Waals surface area contributed by atoms with E-state index in [0.29, 0.717) is 17.9 Å². The average molecular weight is 309 g/mol. The normalized spacial score (nSPS) is 29.1. The van der Waals surface area contributed by atoms with E-state index in [2.05, 4.69) is 4.90 Å². The number of hydrogen-bond donors (Lipinski definition) is 0. The van der Waals surface area contributed by atoms with Crippen molar-refractivity contribution in [3.05, 3.63) is 29.6 Å². The van der Waals surface area contributed by atoms with Gasteiger partial charge in [-0.2, -0.15) is 0 Å². The number of piperidine rings is 1. The van der Waals surface area contributed by atoms with Gasteiger partial charge in [-0.25, -0.2) is 4.39 Å². The lowest BCUT2D eigenvalue weighted by Crippen LogP contribution is -2.55. The molecule has 122 valence electrons. The van der Waals surface area contributed by atoms with Gasteiger partial charge in [0.1, 0.15) is 11.6 Å². The summed E-state index contributed by atoms with van der Waals surface area (Å²) in [5.74, 6) is 0.332. The smallest absolute Gasteiger partial charge is 0.131 e. The first-order valence-electron chi connectivity index (χ1n) is 7.88. The number of benzene rings is 1. The van der Waals surface area contributed by atoms with E-state index in [1.54, 1.807) is 26.4 Å². The summed E-state index contributed by atoms with van der Waals surface area (Å²) >= 11 is 0. The van der Waals surface area contributed by atoms with E-state index in [1.807, 2.05) is 0 Å². The van der Waals surface area contributed by atoms with E-state index >= 15 is 0 Å². The van der Waals surface area contributed by atoms with Gasteiger partial charge in [-0.1, -0.05) is 6.07 Å². The van der Waals surface area contributed by atoms with Gasteiger partial charge in [0, 0.05) is 45.0 Å². The molecule has 1 aromatic rings. The summed E-state index contributed by atoms with van der Waals surface area (Å²) in [6.45, 7) is 3.10. The van der Waals surface area contributed by atoms with Crippen LogP contribution in [0.4, 0.5) is 4.39 Å². The van der Waals surface area contributed by atoms with Crippen LogP contribution in [0.15, 0.2) is 18.2 Å². The number of likely N-dealkylation sites (tertiary alicyclic amines) is 1. The Labute approximate surface area is 131 Å². The molecule has 22 heavy (non-hydrogen) atoms. The molecule has 0 aliphatic carbocycles. The van der Waals surface area contributed by atoms with Crippen LogP contribution in [-0.2, 0) is 16.0 Å². The minimum Gasteiger partial charge on any atom is -0.497 e. The van der Waals surface area contributed by atoms with Crippen LogP contribution in [-0.4, -0.2) is 50.5 Å². The van der Waals surface area contributed by atoms with Gasteiger partial charge < -0.3 is 14.2 Å². The Kier molecular flexibility index (Phi) is 4.66. The highest BCUT2D eigenvalue weighted by molar-refractivity contribution is 5.29. The van der Waals surface area contributed by atoms with Crippen molar-refractivity contribution < 1.29 is 18.6 Å². The SMILES string of the molecule is COc1ccc(CN2CC[C@@]3(CCCO3)[C@@H](OC)C2)c(F)c1. The highest BCUT2D eigenvalue weighted by Gasteiger charge is 2.46. The summed E-state index contributed by atoms with van der Waals surface area (Å²) in [5.41, 5.74) is 0.572. The molecule has 3 rings (SSSR count). The van der Waals surface area contributed by atoms with Gasteiger partial charge in [0.2, 0.25) is 0 Å². The molecule has 2 aliphatic heterocycles. The molecule has 2 saturated heterocycles. The Balaban J connectivity index is 1.67. The molecule has 2 aliphatic rings. The molecular weight excluding hydrogens is 285 g/mol. The number of halogens is 1. The minimum atomic E-state index is -0.217. The largest absolute Gasteiger partial charge is 0.497 e. The highest BCUT2D eigenvalue weighted by Crippen LogP contribution is 2.37. The molecule has 0 radical (unpaired) electrons. The van der Waals surface area contributed by atoms with Crippen LogP contribution < -0.4 is 4.74 Å². The van der Waals surface area contributed by atoms with E-state index in [-0.39, 0.29) is 17.5 Å². The maximum absolute atomic E-state index is 14.1. The van der Waals surface area contributed by atoms with E-state index < -0.39 is 0 Å². The van der Waals surface area contributed by atoms with Crippen LogP contribution in [0.3, 0.4) is 0 Å². The van der Waals surface area contributed by atoms with Crippen molar-refractivity contribution in [2.45, 2.75) is 37.5 Å². The third kappa shape index (κ3) is 2.98.